The molecule has 0 fully saturated rings. The highest BCUT2D eigenvalue weighted by Gasteiger charge is 2.29. The zero-order valence-electron chi connectivity index (χ0n) is 11.9. The number of carbonyl (C=O) groups excluding carboxylic acids is 1. The smallest absolute Gasteiger partial charge is 0.190 e. The van der Waals surface area contributed by atoms with Crippen LogP contribution in [0, 0.1) is 0 Å². The number of fused-ring (bicyclic) bond motifs is 1. The monoisotopic (exact) mass is 281 g/mol. The van der Waals surface area contributed by atoms with E-state index in [0.717, 1.165) is 23.3 Å². The van der Waals surface area contributed by atoms with E-state index in [1.807, 2.05) is 54.6 Å². The fourth-order valence-corrected chi connectivity index (χ4v) is 2.73. The lowest BCUT2D eigenvalue weighted by molar-refractivity contribution is -0.127. The van der Waals surface area contributed by atoms with E-state index in [1.54, 1.807) is 0 Å². The van der Waals surface area contributed by atoms with Gasteiger partial charge in [0.25, 0.3) is 0 Å². The van der Waals surface area contributed by atoms with E-state index >= 15 is 0 Å². The van der Waals surface area contributed by atoms with Crippen LogP contribution in [0.2, 0.25) is 0 Å². The van der Waals surface area contributed by atoms with E-state index in [0.29, 0.717) is 12.8 Å². The topological polar surface area (TPSA) is 52.3 Å². The second-order valence-corrected chi connectivity index (χ2v) is 5.45. The summed E-state index contributed by atoms with van der Waals surface area (Å²) < 4.78 is 5.82. The van der Waals surface area contributed by atoms with Gasteiger partial charge in [0.05, 0.1) is 6.04 Å². The number of nitrogens with two attached hydrogens (primary N) is 1. The Labute approximate surface area is 124 Å². The van der Waals surface area contributed by atoms with Gasteiger partial charge in [0.1, 0.15) is 5.75 Å². The van der Waals surface area contributed by atoms with Crippen molar-refractivity contribution in [1.82, 2.24) is 0 Å². The van der Waals surface area contributed by atoms with Crippen LogP contribution in [-0.2, 0) is 17.6 Å². The van der Waals surface area contributed by atoms with E-state index < -0.39 is 12.1 Å². The molecule has 2 aromatic carbocycles. The lowest BCUT2D eigenvalue weighted by Gasteiger charge is -2.26. The zero-order valence-corrected chi connectivity index (χ0v) is 11.9. The minimum Gasteiger partial charge on any atom is -0.482 e. The zero-order chi connectivity index (χ0) is 14.7. The molecule has 2 N–H and O–H groups in total. The summed E-state index contributed by atoms with van der Waals surface area (Å²) in [5, 5.41) is 0. The summed E-state index contributed by atoms with van der Waals surface area (Å²) in [4.78, 5) is 12.5. The van der Waals surface area contributed by atoms with E-state index in [9.17, 15) is 4.79 Å². The minimum absolute atomic E-state index is 0.00615. The van der Waals surface area contributed by atoms with E-state index in [4.69, 9.17) is 10.5 Å². The minimum atomic E-state index is -0.511. The molecule has 2 atom stereocenters. The van der Waals surface area contributed by atoms with Gasteiger partial charge in [0.15, 0.2) is 11.9 Å². The molecule has 3 rings (SSSR count). The van der Waals surface area contributed by atoms with Gasteiger partial charge >= 0.3 is 0 Å². The molecule has 1 aliphatic heterocycles. The molecule has 0 saturated heterocycles. The molecule has 21 heavy (non-hydrogen) atoms. The van der Waals surface area contributed by atoms with Crippen LogP contribution in [0.25, 0.3) is 0 Å². The van der Waals surface area contributed by atoms with Crippen LogP contribution in [-0.4, -0.2) is 17.9 Å². The standard InChI is InChI=1S/C18H19NO2/c19-15(12-13-6-2-1-3-7-13)18(20)17-11-10-14-8-4-5-9-16(14)21-17/h1-9,15,17H,10-12,19H2/t15-,17?/m0/s1. The molecule has 1 heterocycles. The molecule has 0 amide bonds. The SMILES string of the molecule is N[C@@H](Cc1ccccc1)C(=O)C1CCc2ccccc2O1. The first-order valence-corrected chi connectivity index (χ1v) is 7.32. The van der Waals surface area contributed by atoms with Crippen molar-refractivity contribution in [2.24, 2.45) is 5.73 Å². The first-order chi connectivity index (χ1) is 10.2. The van der Waals surface area contributed by atoms with Crippen LogP contribution in [0.15, 0.2) is 54.6 Å². The van der Waals surface area contributed by atoms with Gasteiger partial charge in [-0.2, -0.15) is 0 Å². The Morgan fingerprint density at radius 2 is 1.86 bits per heavy atom. The maximum absolute atomic E-state index is 12.5. The van der Waals surface area contributed by atoms with E-state index in [1.165, 1.54) is 0 Å². The second kappa shape index (κ2) is 6.10. The molecule has 0 aliphatic carbocycles. The number of Topliss-reactive ketones (excluding diaryl/α,β-unsaturated/α-hetero) is 1. The number of hydrogen-bond donors (Lipinski definition) is 1. The number of aryl methyl sites for hydroxylation is 1. The summed E-state index contributed by atoms with van der Waals surface area (Å²) >= 11 is 0. The number of ketones is 1. The van der Waals surface area contributed by atoms with Gasteiger partial charge in [-0.3, -0.25) is 4.79 Å². The first-order valence-electron chi connectivity index (χ1n) is 7.32. The number of para-hydroxylation sites is 1. The maximum atomic E-state index is 12.5. The van der Waals surface area contributed by atoms with Crippen molar-refractivity contribution in [3.63, 3.8) is 0 Å². The Bertz CT molecular complexity index is 624. The highest BCUT2D eigenvalue weighted by molar-refractivity contribution is 5.88. The summed E-state index contributed by atoms with van der Waals surface area (Å²) in [5.74, 6) is 0.808. The van der Waals surface area contributed by atoms with Crippen molar-refractivity contribution in [1.29, 1.82) is 0 Å². The third-order valence-corrected chi connectivity index (χ3v) is 3.90. The van der Waals surface area contributed by atoms with Gasteiger partial charge in [-0.1, -0.05) is 48.5 Å². The number of ether oxygens (including phenoxy) is 1. The Morgan fingerprint density at radius 3 is 2.67 bits per heavy atom. The molecule has 108 valence electrons. The highest BCUT2D eigenvalue weighted by Crippen LogP contribution is 2.27. The van der Waals surface area contributed by atoms with E-state index in [2.05, 4.69) is 0 Å². The average Bonchev–Trinajstić information content (AvgIpc) is 2.54. The van der Waals surface area contributed by atoms with Crippen LogP contribution in [0.5, 0.6) is 5.75 Å². The Hall–Kier alpha value is -2.13. The predicted molar refractivity (Wildman–Crippen MR) is 82.3 cm³/mol. The predicted octanol–water partition coefficient (Wildman–Crippen LogP) is 2.52. The first kappa shape index (κ1) is 13.8. The van der Waals surface area contributed by atoms with Crippen molar-refractivity contribution in [2.75, 3.05) is 0 Å². The molecule has 0 spiro atoms. The summed E-state index contributed by atoms with van der Waals surface area (Å²) in [7, 11) is 0. The molecular weight excluding hydrogens is 262 g/mol. The molecule has 3 nitrogen and oxygen atoms in total. The van der Waals surface area contributed by atoms with Gasteiger partial charge in [-0.05, 0) is 36.5 Å². The molecule has 1 unspecified atom stereocenters. The van der Waals surface area contributed by atoms with Gasteiger partial charge in [-0.25, -0.2) is 0 Å². The summed E-state index contributed by atoms with van der Waals surface area (Å²) in [6.45, 7) is 0. The summed E-state index contributed by atoms with van der Waals surface area (Å²) in [6.07, 6.45) is 1.71. The Balaban J connectivity index is 1.66. The quantitative estimate of drug-likeness (QED) is 0.937. The van der Waals surface area contributed by atoms with Crippen molar-refractivity contribution < 1.29 is 9.53 Å². The largest absolute Gasteiger partial charge is 0.482 e. The van der Waals surface area contributed by atoms with Gasteiger partial charge < -0.3 is 10.5 Å². The fraction of sp³-hybridized carbons (Fsp3) is 0.278. The summed E-state index contributed by atoms with van der Waals surface area (Å²) in [6, 6.07) is 17.2. The highest BCUT2D eigenvalue weighted by atomic mass is 16.5. The van der Waals surface area contributed by atoms with Crippen LogP contribution < -0.4 is 10.5 Å². The maximum Gasteiger partial charge on any atom is 0.190 e. The molecule has 0 bridgehead atoms. The summed E-state index contributed by atoms with van der Waals surface area (Å²) in [5.41, 5.74) is 8.31. The average molecular weight is 281 g/mol. The molecular formula is C18H19NO2. The molecule has 0 saturated carbocycles. The van der Waals surface area contributed by atoms with Crippen LogP contribution >= 0.6 is 0 Å². The lowest BCUT2D eigenvalue weighted by atomic mass is 9.94. The third kappa shape index (κ3) is 3.14. The van der Waals surface area contributed by atoms with Gasteiger partial charge in [0.2, 0.25) is 0 Å². The number of carbonyl (C=O) groups is 1. The van der Waals surface area contributed by atoms with E-state index in [-0.39, 0.29) is 5.78 Å². The third-order valence-electron chi connectivity index (χ3n) is 3.90. The molecule has 1 aliphatic rings. The number of rotatable bonds is 4. The number of hydrogen-bond acceptors (Lipinski definition) is 3. The van der Waals surface area contributed by atoms with Gasteiger partial charge in [0, 0.05) is 0 Å². The van der Waals surface area contributed by atoms with Crippen LogP contribution in [0.4, 0.5) is 0 Å². The van der Waals surface area contributed by atoms with Crippen molar-refractivity contribution in [3.8, 4) is 5.75 Å². The van der Waals surface area contributed by atoms with Gasteiger partial charge in [-0.15, -0.1) is 0 Å². The molecule has 0 aromatic heterocycles. The van der Waals surface area contributed by atoms with Crippen molar-refractivity contribution >= 4 is 5.78 Å². The van der Waals surface area contributed by atoms with Crippen LogP contribution in [0.1, 0.15) is 17.5 Å². The fourth-order valence-electron chi connectivity index (χ4n) is 2.73. The molecule has 2 aromatic rings. The van der Waals surface area contributed by atoms with Crippen molar-refractivity contribution in [2.45, 2.75) is 31.4 Å². The molecule has 3 heteroatoms. The Kier molecular flexibility index (Phi) is 4.02. The normalized spacial score (nSPS) is 18.4. The number of benzene rings is 2. The second-order valence-electron chi connectivity index (χ2n) is 5.45. The van der Waals surface area contributed by atoms with Crippen LogP contribution in [0.3, 0.4) is 0 Å². The Morgan fingerprint density at radius 1 is 1.14 bits per heavy atom. The molecule has 0 radical (unpaired) electrons. The lowest BCUT2D eigenvalue weighted by Crippen LogP contribution is -2.44. The van der Waals surface area contributed by atoms with Crippen molar-refractivity contribution in [3.05, 3.63) is 65.7 Å².